The number of carbonyl (C=O) groups excluding carboxylic acids is 1. The zero-order valence-corrected chi connectivity index (χ0v) is 10.4. The van der Waals surface area contributed by atoms with Crippen LogP contribution in [0, 0.1) is 0 Å². The van der Waals surface area contributed by atoms with Gasteiger partial charge in [-0.15, -0.1) is 0 Å². The molecule has 4 heteroatoms. The molecule has 0 aromatic rings. The van der Waals surface area contributed by atoms with Crippen LogP contribution >= 0.6 is 0 Å². The average Bonchev–Trinajstić information content (AvgIpc) is 2.26. The molecule has 0 saturated carbocycles. The van der Waals surface area contributed by atoms with Crippen molar-refractivity contribution in [1.29, 1.82) is 0 Å². The highest BCUT2D eigenvalue weighted by Crippen LogP contribution is 2.12. The summed E-state index contributed by atoms with van der Waals surface area (Å²) >= 11 is 0. The first-order chi connectivity index (χ1) is 7.06. The highest BCUT2D eigenvalue weighted by atomic mass is 16.2. The molecule has 2 atom stereocenters. The molecule has 90 valence electrons. The first kappa shape index (κ1) is 14.4. The number of nitrogens with two attached hydrogens (primary N) is 1. The van der Waals surface area contributed by atoms with E-state index in [1.807, 2.05) is 0 Å². The lowest BCUT2D eigenvalue weighted by Crippen LogP contribution is -2.40. The highest BCUT2D eigenvalue weighted by Gasteiger charge is 2.17. The van der Waals surface area contributed by atoms with E-state index in [0.29, 0.717) is 18.5 Å². The van der Waals surface area contributed by atoms with E-state index in [1.54, 1.807) is 0 Å². The predicted molar refractivity (Wildman–Crippen MR) is 63.2 cm³/mol. The second kappa shape index (κ2) is 7.65. The van der Waals surface area contributed by atoms with E-state index in [4.69, 9.17) is 5.84 Å². The first-order valence-corrected chi connectivity index (χ1v) is 5.81. The number of nitrogens with one attached hydrogen (secondary N) is 1. The molecule has 15 heavy (non-hydrogen) atoms. The van der Waals surface area contributed by atoms with Gasteiger partial charge >= 0.3 is 0 Å². The highest BCUT2D eigenvalue weighted by molar-refractivity contribution is 5.75. The van der Waals surface area contributed by atoms with Crippen molar-refractivity contribution in [2.75, 3.05) is 6.54 Å². The number of hydrogen-bond acceptors (Lipinski definition) is 3. The largest absolute Gasteiger partial charge is 0.298 e. The maximum Gasteiger partial charge on any atom is 0.233 e. The first-order valence-electron chi connectivity index (χ1n) is 5.81. The molecule has 1 amide bonds. The van der Waals surface area contributed by atoms with Gasteiger partial charge < -0.3 is 0 Å². The van der Waals surface area contributed by atoms with Gasteiger partial charge in [0.2, 0.25) is 5.91 Å². The number of hydrazine groups is 1. The molecule has 3 N–H and O–H groups in total. The fourth-order valence-corrected chi connectivity index (χ4v) is 1.87. The minimum Gasteiger partial charge on any atom is -0.298 e. The Kier molecular flexibility index (Phi) is 7.34. The summed E-state index contributed by atoms with van der Waals surface area (Å²) in [5.41, 5.74) is 2.16. The van der Waals surface area contributed by atoms with Crippen molar-refractivity contribution in [2.24, 2.45) is 5.84 Å². The Morgan fingerprint density at radius 3 is 2.33 bits per heavy atom. The Labute approximate surface area is 93.2 Å². The molecule has 0 bridgehead atoms. The smallest absolute Gasteiger partial charge is 0.233 e. The third-order valence-electron chi connectivity index (χ3n) is 3.04. The van der Waals surface area contributed by atoms with Crippen LogP contribution in [0.5, 0.6) is 0 Å². The molecule has 0 fully saturated rings. The van der Waals surface area contributed by atoms with E-state index >= 15 is 0 Å². The molecular weight excluding hydrogens is 190 g/mol. The summed E-state index contributed by atoms with van der Waals surface area (Å²) in [5, 5.41) is 0. The third kappa shape index (κ3) is 5.14. The monoisotopic (exact) mass is 215 g/mol. The van der Waals surface area contributed by atoms with Crippen LogP contribution < -0.4 is 11.3 Å². The van der Waals surface area contributed by atoms with Crippen molar-refractivity contribution in [3.05, 3.63) is 0 Å². The molecule has 0 saturated heterocycles. The topological polar surface area (TPSA) is 58.4 Å². The summed E-state index contributed by atoms with van der Waals surface area (Å²) in [6.45, 7) is 9.77. The fourth-order valence-electron chi connectivity index (χ4n) is 1.87. The predicted octanol–water partition coefficient (Wildman–Crippen LogP) is 1.27. The van der Waals surface area contributed by atoms with Gasteiger partial charge in [0.25, 0.3) is 0 Å². The SMILES string of the molecule is CCC(C)N(CC)C(C)CCC(=O)NN. The Hall–Kier alpha value is -0.610. The van der Waals surface area contributed by atoms with E-state index in [-0.39, 0.29) is 5.91 Å². The Balaban J connectivity index is 4.03. The van der Waals surface area contributed by atoms with Gasteiger partial charge in [-0.3, -0.25) is 15.1 Å². The van der Waals surface area contributed by atoms with Crippen molar-refractivity contribution in [1.82, 2.24) is 10.3 Å². The second-order valence-corrected chi connectivity index (χ2v) is 4.04. The van der Waals surface area contributed by atoms with Gasteiger partial charge in [-0.1, -0.05) is 13.8 Å². The summed E-state index contributed by atoms with van der Waals surface area (Å²) in [6.07, 6.45) is 2.51. The maximum atomic E-state index is 11.0. The van der Waals surface area contributed by atoms with Crippen LogP contribution in [0.4, 0.5) is 0 Å². The lowest BCUT2D eigenvalue weighted by atomic mass is 10.1. The lowest BCUT2D eigenvalue weighted by Gasteiger charge is -2.33. The minimum atomic E-state index is -0.0814. The molecule has 0 aromatic carbocycles. The molecule has 0 heterocycles. The van der Waals surface area contributed by atoms with Crippen molar-refractivity contribution in [3.8, 4) is 0 Å². The summed E-state index contributed by atoms with van der Waals surface area (Å²) < 4.78 is 0. The zero-order chi connectivity index (χ0) is 11.8. The number of rotatable bonds is 7. The molecule has 0 aromatic heterocycles. The van der Waals surface area contributed by atoms with E-state index in [2.05, 4.69) is 38.0 Å². The number of nitrogens with zero attached hydrogens (tertiary/aromatic N) is 1. The molecule has 0 aliphatic heterocycles. The Morgan fingerprint density at radius 2 is 1.93 bits per heavy atom. The van der Waals surface area contributed by atoms with E-state index < -0.39 is 0 Å². The Morgan fingerprint density at radius 1 is 1.33 bits per heavy atom. The van der Waals surface area contributed by atoms with Gasteiger partial charge in [-0.2, -0.15) is 0 Å². The quantitative estimate of drug-likeness (QED) is 0.382. The molecule has 4 nitrogen and oxygen atoms in total. The van der Waals surface area contributed by atoms with Crippen LogP contribution in [0.15, 0.2) is 0 Å². The summed E-state index contributed by atoms with van der Waals surface area (Å²) in [5.74, 6) is 4.96. The van der Waals surface area contributed by atoms with E-state index in [9.17, 15) is 4.79 Å². The second-order valence-electron chi connectivity index (χ2n) is 4.04. The van der Waals surface area contributed by atoms with Gasteiger partial charge in [0.15, 0.2) is 0 Å². The molecule has 0 radical (unpaired) electrons. The number of carbonyl (C=O) groups is 1. The van der Waals surface area contributed by atoms with Crippen LogP contribution in [0.25, 0.3) is 0 Å². The summed E-state index contributed by atoms with van der Waals surface area (Å²) in [4.78, 5) is 13.4. The van der Waals surface area contributed by atoms with E-state index in [0.717, 1.165) is 19.4 Å². The third-order valence-corrected chi connectivity index (χ3v) is 3.04. The number of amides is 1. The standard InChI is InChI=1S/C11H25N3O/c1-5-9(3)14(6-2)10(4)7-8-11(15)13-12/h9-10H,5-8,12H2,1-4H3,(H,13,15). The van der Waals surface area contributed by atoms with Gasteiger partial charge in [0.1, 0.15) is 0 Å². The molecule has 0 aliphatic rings. The van der Waals surface area contributed by atoms with Crippen LogP contribution in [0.3, 0.4) is 0 Å². The Bertz CT molecular complexity index is 185. The summed E-state index contributed by atoms with van der Waals surface area (Å²) in [6, 6.07) is 1.01. The van der Waals surface area contributed by atoms with Crippen molar-refractivity contribution < 1.29 is 4.79 Å². The molecule has 0 aliphatic carbocycles. The van der Waals surface area contributed by atoms with Gasteiger partial charge in [0, 0.05) is 18.5 Å². The maximum absolute atomic E-state index is 11.0. The van der Waals surface area contributed by atoms with E-state index in [1.165, 1.54) is 0 Å². The van der Waals surface area contributed by atoms with Crippen LogP contribution in [-0.4, -0.2) is 29.4 Å². The summed E-state index contributed by atoms with van der Waals surface area (Å²) in [7, 11) is 0. The van der Waals surface area contributed by atoms with Crippen molar-refractivity contribution in [3.63, 3.8) is 0 Å². The van der Waals surface area contributed by atoms with Crippen LogP contribution in [-0.2, 0) is 4.79 Å². The molecule has 0 spiro atoms. The van der Waals surface area contributed by atoms with Crippen LogP contribution in [0.2, 0.25) is 0 Å². The van der Waals surface area contributed by atoms with Crippen LogP contribution in [0.1, 0.15) is 47.0 Å². The lowest BCUT2D eigenvalue weighted by molar-refractivity contribution is -0.121. The van der Waals surface area contributed by atoms with Crippen molar-refractivity contribution >= 4 is 5.91 Å². The zero-order valence-electron chi connectivity index (χ0n) is 10.4. The molecule has 0 rings (SSSR count). The normalized spacial score (nSPS) is 15.1. The fraction of sp³-hybridized carbons (Fsp3) is 0.909. The van der Waals surface area contributed by atoms with Gasteiger partial charge in [0.05, 0.1) is 0 Å². The van der Waals surface area contributed by atoms with Gasteiger partial charge in [-0.05, 0) is 33.2 Å². The van der Waals surface area contributed by atoms with Crippen molar-refractivity contribution in [2.45, 2.75) is 59.0 Å². The van der Waals surface area contributed by atoms with Gasteiger partial charge in [-0.25, -0.2) is 5.84 Å². The molecule has 2 unspecified atom stereocenters. The number of hydrogen-bond donors (Lipinski definition) is 2. The average molecular weight is 215 g/mol. The minimum absolute atomic E-state index is 0.0814. The molecular formula is C11H25N3O.